The number of alkyl halides is 2. The van der Waals surface area contributed by atoms with Gasteiger partial charge in [-0.1, -0.05) is 12.1 Å². The first-order valence-corrected chi connectivity index (χ1v) is 4.80. The second-order valence-corrected chi connectivity index (χ2v) is 3.39. The molecule has 1 aromatic heterocycles. The van der Waals surface area contributed by atoms with Crippen LogP contribution >= 0.6 is 0 Å². The van der Waals surface area contributed by atoms with Crippen LogP contribution in [0.4, 0.5) is 8.78 Å². The largest absolute Gasteiger partial charge is 0.330 e. The van der Waals surface area contributed by atoms with Crippen LogP contribution in [0.2, 0.25) is 0 Å². The van der Waals surface area contributed by atoms with Crippen molar-refractivity contribution in [2.75, 3.05) is 6.54 Å². The van der Waals surface area contributed by atoms with Crippen molar-refractivity contribution in [1.29, 1.82) is 0 Å². The summed E-state index contributed by atoms with van der Waals surface area (Å²) in [5.74, 6) is 0. The molecule has 0 amide bonds. The topological polar surface area (TPSA) is 30.9 Å². The van der Waals surface area contributed by atoms with Crippen LogP contribution in [0, 0.1) is 0 Å². The van der Waals surface area contributed by atoms with E-state index in [0.29, 0.717) is 18.5 Å². The van der Waals surface area contributed by atoms with E-state index in [1.165, 1.54) is 6.20 Å². The van der Waals surface area contributed by atoms with Crippen molar-refractivity contribution < 1.29 is 8.78 Å². The fourth-order valence-electron chi connectivity index (χ4n) is 1.80. The van der Waals surface area contributed by atoms with Crippen LogP contribution < -0.4 is 5.73 Å². The molecule has 80 valence electrons. The maximum atomic E-state index is 12.6. The lowest BCUT2D eigenvalue weighted by Gasteiger charge is -2.05. The van der Waals surface area contributed by atoms with Crippen LogP contribution in [-0.4, -0.2) is 11.1 Å². The summed E-state index contributed by atoms with van der Waals surface area (Å²) in [4.78, 5) is 0. The lowest BCUT2D eigenvalue weighted by atomic mass is 10.1. The molecule has 0 aliphatic rings. The minimum Gasteiger partial charge on any atom is -0.330 e. The van der Waals surface area contributed by atoms with E-state index in [-0.39, 0.29) is 0 Å². The van der Waals surface area contributed by atoms with Gasteiger partial charge in [0.15, 0.2) is 0 Å². The number of benzene rings is 1. The van der Waals surface area contributed by atoms with Crippen LogP contribution in [-0.2, 0) is 6.42 Å². The first-order valence-electron chi connectivity index (χ1n) is 4.80. The number of halogens is 2. The summed E-state index contributed by atoms with van der Waals surface area (Å²) in [5, 5.41) is 0.864. The molecule has 0 atom stereocenters. The quantitative estimate of drug-likeness (QED) is 0.829. The molecule has 0 saturated heterocycles. The van der Waals surface area contributed by atoms with Crippen LogP contribution in [0.5, 0.6) is 0 Å². The summed E-state index contributed by atoms with van der Waals surface area (Å²) in [7, 11) is 0. The molecule has 0 bridgehead atoms. The van der Waals surface area contributed by atoms with Gasteiger partial charge in [-0.3, -0.25) is 4.57 Å². The summed E-state index contributed by atoms with van der Waals surface area (Å²) in [6.45, 7) is -1.96. The second-order valence-electron chi connectivity index (χ2n) is 3.39. The Morgan fingerprint density at radius 3 is 2.73 bits per heavy atom. The van der Waals surface area contributed by atoms with Gasteiger partial charge in [0.2, 0.25) is 0 Å². The zero-order valence-corrected chi connectivity index (χ0v) is 8.16. The number of hydrogen-bond acceptors (Lipinski definition) is 1. The van der Waals surface area contributed by atoms with Gasteiger partial charge in [0.1, 0.15) is 0 Å². The van der Waals surface area contributed by atoms with Crippen molar-refractivity contribution in [3.05, 3.63) is 36.0 Å². The number of aromatic nitrogens is 1. The molecular formula is C11H12F2N2. The lowest BCUT2D eigenvalue weighted by molar-refractivity contribution is 0.0752. The molecule has 4 heteroatoms. The number of fused-ring (bicyclic) bond motifs is 1. The van der Waals surface area contributed by atoms with Gasteiger partial charge in [-0.15, -0.1) is 0 Å². The van der Waals surface area contributed by atoms with Gasteiger partial charge in [0.25, 0.3) is 0 Å². The second kappa shape index (κ2) is 3.98. The molecule has 15 heavy (non-hydrogen) atoms. The molecular weight excluding hydrogens is 198 g/mol. The fraction of sp³-hybridized carbons (Fsp3) is 0.273. The number of rotatable bonds is 3. The number of nitrogens with two attached hydrogens (primary N) is 1. The summed E-state index contributed by atoms with van der Waals surface area (Å²) in [5.41, 5.74) is 7.05. The highest BCUT2D eigenvalue weighted by atomic mass is 19.3. The maximum Gasteiger partial charge on any atom is 0.319 e. The van der Waals surface area contributed by atoms with E-state index in [1.54, 1.807) is 18.2 Å². The van der Waals surface area contributed by atoms with Gasteiger partial charge >= 0.3 is 6.55 Å². The van der Waals surface area contributed by atoms with Crippen LogP contribution in [0.15, 0.2) is 30.5 Å². The third kappa shape index (κ3) is 1.72. The molecule has 0 aliphatic carbocycles. The molecule has 0 fully saturated rings. The molecule has 0 radical (unpaired) electrons. The molecule has 0 aliphatic heterocycles. The highest BCUT2D eigenvalue weighted by Gasteiger charge is 2.10. The molecule has 2 nitrogen and oxygen atoms in total. The molecule has 0 unspecified atom stereocenters. The van der Waals surface area contributed by atoms with Crippen molar-refractivity contribution in [2.24, 2.45) is 5.73 Å². The van der Waals surface area contributed by atoms with Gasteiger partial charge < -0.3 is 5.73 Å². The third-order valence-electron chi connectivity index (χ3n) is 2.48. The summed E-state index contributed by atoms with van der Waals surface area (Å²) >= 11 is 0. The Morgan fingerprint density at radius 1 is 1.27 bits per heavy atom. The van der Waals surface area contributed by atoms with Crippen molar-refractivity contribution in [3.8, 4) is 0 Å². The van der Waals surface area contributed by atoms with Crippen LogP contribution in [0.3, 0.4) is 0 Å². The first kappa shape index (κ1) is 10.1. The minimum atomic E-state index is -2.49. The molecule has 1 aromatic carbocycles. The Kier molecular flexibility index (Phi) is 2.68. The summed E-state index contributed by atoms with van der Waals surface area (Å²) in [6, 6.07) is 7.12. The van der Waals surface area contributed by atoms with Gasteiger partial charge in [0.05, 0.1) is 5.52 Å². The van der Waals surface area contributed by atoms with E-state index in [1.807, 2.05) is 6.07 Å². The molecule has 1 heterocycles. The monoisotopic (exact) mass is 210 g/mol. The lowest BCUT2D eigenvalue weighted by Crippen LogP contribution is -2.03. The van der Waals surface area contributed by atoms with E-state index in [9.17, 15) is 8.78 Å². The van der Waals surface area contributed by atoms with Crippen molar-refractivity contribution in [3.63, 3.8) is 0 Å². The van der Waals surface area contributed by atoms with Gasteiger partial charge in [-0.25, -0.2) is 0 Å². The first-order chi connectivity index (χ1) is 7.24. The Balaban J connectivity index is 2.58. The highest BCUT2D eigenvalue weighted by Crippen LogP contribution is 2.24. The Labute approximate surface area is 86.3 Å². The normalized spacial score (nSPS) is 11.5. The predicted molar refractivity (Wildman–Crippen MR) is 55.9 cm³/mol. The molecule has 2 N–H and O–H groups in total. The Hall–Kier alpha value is -1.42. The zero-order valence-electron chi connectivity index (χ0n) is 8.16. The van der Waals surface area contributed by atoms with E-state index >= 15 is 0 Å². The number of hydrogen-bond donors (Lipinski definition) is 1. The summed E-state index contributed by atoms with van der Waals surface area (Å²) < 4.78 is 26.1. The number of nitrogens with zero attached hydrogens (tertiary/aromatic N) is 1. The predicted octanol–water partition coefficient (Wildman–Crippen LogP) is 2.54. The molecule has 0 spiro atoms. The average molecular weight is 210 g/mol. The van der Waals surface area contributed by atoms with Crippen molar-refractivity contribution in [1.82, 2.24) is 4.57 Å². The smallest absolute Gasteiger partial charge is 0.319 e. The molecule has 2 aromatic rings. The maximum absolute atomic E-state index is 12.6. The Bertz CT molecular complexity index is 463. The van der Waals surface area contributed by atoms with Gasteiger partial charge in [-0.2, -0.15) is 8.78 Å². The molecule has 0 saturated carbocycles. The highest BCUT2D eigenvalue weighted by molar-refractivity contribution is 5.83. The van der Waals surface area contributed by atoms with Crippen molar-refractivity contribution in [2.45, 2.75) is 13.0 Å². The van der Waals surface area contributed by atoms with Crippen LogP contribution in [0.1, 0.15) is 12.1 Å². The zero-order chi connectivity index (χ0) is 10.8. The minimum absolute atomic E-state index is 0.527. The van der Waals surface area contributed by atoms with Crippen molar-refractivity contribution >= 4 is 10.9 Å². The molecule has 2 rings (SSSR count). The van der Waals surface area contributed by atoms with Crippen LogP contribution in [0.25, 0.3) is 10.9 Å². The Morgan fingerprint density at radius 2 is 2.07 bits per heavy atom. The van der Waals surface area contributed by atoms with E-state index in [2.05, 4.69) is 0 Å². The van der Waals surface area contributed by atoms with E-state index in [0.717, 1.165) is 15.5 Å². The van der Waals surface area contributed by atoms with Gasteiger partial charge in [0, 0.05) is 11.6 Å². The average Bonchev–Trinajstić information content (AvgIpc) is 2.62. The standard InChI is InChI=1S/C11H12F2N2/c12-11(13)15-7-5-9-8(4-6-14)2-1-3-10(9)15/h1-3,5,7,11H,4,6,14H2. The SMILES string of the molecule is NCCc1cccc2c1ccn2C(F)F. The third-order valence-corrected chi connectivity index (χ3v) is 2.48. The fourth-order valence-corrected chi connectivity index (χ4v) is 1.80. The van der Waals surface area contributed by atoms with E-state index < -0.39 is 6.55 Å². The van der Waals surface area contributed by atoms with E-state index in [4.69, 9.17) is 5.73 Å². The summed E-state index contributed by atoms with van der Waals surface area (Å²) in [6.07, 6.45) is 2.12. The van der Waals surface area contributed by atoms with Gasteiger partial charge in [-0.05, 0) is 30.7 Å².